The number of nitrogens with zero attached hydrogens (tertiary/aromatic N) is 2. The molecule has 0 aliphatic carbocycles. The van der Waals surface area contributed by atoms with Gasteiger partial charge in [-0.3, -0.25) is 4.68 Å². The molecule has 0 unspecified atom stereocenters. The largest absolute Gasteiger partial charge is 0.382 e. The molecular formula is C12H23N3O. The second-order valence-corrected chi connectivity index (χ2v) is 3.86. The summed E-state index contributed by atoms with van der Waals surface area (Å²) in [4.78, 5) is 0. The van der Waals surface area contributed by atoms with Gasteiger partial charge in [0.15, 0.2) is 0 Å². The lowest BCUT2D eigenvalue weighted by Crippen LogP contribution is -2.16. The first kappa shape index (κ1) is 13.2. The molecular weight excluding hydrogens is 202 g/mol. The second-order valence-electron chi connectivity index (χ2n) is 3.86. The summed E-state index contributed by atoms with van der Waals surface area (Å²) in [7, 11) is 1.97. The van der Waals surface area contributed by atoms with Crippen LogP contribution in [0.1, 0.15) is 31.5 Å². The Hall–Kier alpha value is -0.870. The Morgan fingerprint density at radius 3 is 2.94 bits per heavy atom. The molecule has 1 rings (SSSR count). The number of ether oxygens (including phenoxy) is 1. The Kier molecular flexibility index (Phi) is 6.11. The van der Waals surface area contributed by atoms with Crippen molar-refractivity contribution in [3.63, 3.8) is 0 Å². The summed E-state index contributed by atoms with van der Waals surface area (Å²) >= 11 is 0. The van der Waals surface area contributed by atoms with Crippen LogP contribution in [0.3, 0.4) is 0 Å². The SMILES string of the molecule is CCOCCCNCc1cn(C)nc1CC. The molecule has 0 fully saturated rings. The van der Waals surface area contributed by atoms with Crippen LogP contribution in [0.25, 0.3) is 0 Å². The fourth-order valence-electron chi connectivity index (χ4n) is 1.70. The molecule has 1 aromatic heterocycles. The molecule has 0 amide bonds. The van der Waals surface area contributed by atoms with Crippen molar-refractivity contribution in [1.82, 2.24) is 15.1 Å². The Labute approximate surface area is 98.0 Å². The zero-order chi connectivity index (χ0) is 11.8. The molecule has 0 saturated carbocycles. The van der Waals surface area contributed by atoms with Gasteiger partial charge in [0, 0.05) is 38.6 Å². The van der Waals surface area contributed by atoms with Gasteiger partial charge >= 0.3 is 0 Å². The van der Waals surface area contributed by atoms with Gasteiger partial charge < -0.3 is 10.1 Å². The van der Waals surface area contributed by atoms with E-state index in [1.165, 1.54) is 11.3 Å². The maximum Gasteiger partial charge on any atom is 0.0666 e. The number of hydrogen-bond acceptors (Lipinski definition) is 3. The van der Waals surface area contributed by atoms with Gasteiger partial charge in [-0.1, -0.05) is 6.92 Å². The van der Waals surface area contributed by atoms with E-state index in [1.54, 1.807) is 0 Å². The van der Waals surface area contributed by atoms with Crippen LogP contribution in [-0.2, 0) is 24.8 Å². The van der Waals surface area contributed by atoms with E-state index in [4.69, 9.17) is 4.74 Å². The van der Waals surface area contributed by atoms with E-state index in [2.05, 4.69) is 23.5 Å². The topological polar surface area (TPSA) is 39.1 Å². The average molecular weight is 225 g/mol. The molecule has 1 heterocycles. The molecule has 0 saturated heterocycles. The van der Waals surface area contributed by atoms with Crippen molar-refractivity contribution in [2.45, 2.75) is 33.2 Å². The monoisotopic (exact) mass is 225 g/mol. The van der Waals surface area contributed by atoms with Crippen LogP contribution < -0.4 is 5.32 Å². The molecule has 4 heteroatoms. The first-order valence-corrected chi connectivity index (χ1v) is 6.07. The molecule has 0 bridgehead atoms. The van der Waals surface area contributed by atoms with Crippen LogP contribution in [-0.4, -0.2) is 29.5 Å². The predicted octanol–water partition coefficient (Wildman–Crippen LogP) is 1.50. The van der Waals surface area contributed by atoms with Gasteiger partial charge in [-0.15, -0.1) is 0 Å². The number of nitrogens with one attached hydrogen (secondary N) is 1. The van der Waals surface area contributed by atoms with E-state index in [9.17, 15) is 0 Å². The van der Waals surface area contributed by atoms with Crippen LogP contribution in [0, 0.1) is 0 Å². The smallest absolute Gasteiger partial charge is 0.0666 e. The fourth-order valence-corrected chi connectivity index (χ4v) is 1.70. The third kappa shape index (κ3) is 4.33. The first-order chi connectivity index (χ1) is 7.77. The van der Waals surface area contributed by atoms with Gasteiger partial charge in [0.2, 0.25) is 0 Å². The summed E-state index contributed by atoms with van der Waals surface area (Å²) < 4.78 is 7.16. The third-order valence-corrected chi connectivity index (χ3v) is 2.49. The van der Waals surface area contributed by atoms with Gasteiger partial charge in [-0.25, -0.2) is 0 Å². The minimum Gasteiger partial charge on any atom is -0.382 e. The van der Waals surface area contributed by atoms with Crippen LogP contribution in [0.15, 0.2) is 6.20 Å². The van der Waals surface area contributed by atoms with Crippen LogP contribution >= 0.6 is 0 Å². The highest BCUT2D eigenvalue weighted by atomic mass is 16.5. The minimum atomic E-state index is 0.808. The summed E-state index contributed by atoms with van der Waals surface area (Å²) in [6.07, 6.45) is 4.15. The van der Waals surface area contributed by atoms with Crippen molar-refractivity contribution in [2.75, 3.05) is 19.8 Å². The maximum atomic E-state index is 5.28. The highest BCUT2D eigenvalue weighted by Crippen LogP contribution is 2.06. The van der Waals surface area contributed by atoms with Crippen molar-refractivity contribution < 1.29 is 4.74 Å². The highest BCUT2D eigenvalue weighted by Gasteiger charge is 2.04. The predicted molar refractivity (Wildman–Crippen MR) is 65.4 cm³/mol. The van der Waals surface area contributed by atoms with Crippen LogP contribution in [0.2, 0.25) is 0 Å². The standard InChI is InChI=1S/C12H23N3O/c1-4-12-11(10-15(3)14-12)9-13-7-6-8-16-5-2/h10,13H,4-9H2,1-3H3. The molecule has 0 radical (unpaired) electrons. The van der Waals surface area contributed by atoms with Gasteiger partial charge in [0.25, 0.3) is 0 Å². The number of hydrogen-bond donors (Lipinski definition) is 1. The second kappa shape index (κ2) is 7.41. The van der Waals surface area contributed by atoms with Crippen LogP contribution in [0.5, 0.6) is 0 Å². The van der Waals surface area contributed by atoms with Gasteiger partial charge in [-0.05, 0) is 26.3 Å². The van der Waals surface area contributed by atoms with E-state index in [0.29, 0.717) is 0 Å². The van der Waals surface area contributed by atoms with Crippen molar-refractivity contribution in [1.29, 1.82) is 0 Å². The summed E-state index contributed by atoms with van der Waals surface area (Å²) in [6.45, 7) is 7.72. The molecule has 0 aromatic carbocycles. The minimum absolute atomic E-state index is 0.808. The summed E-state index contributed by atoms with van der Waals surface area (Å²) in [5, 5.41) is 7.82. The fraction of sp³-hybridized carbons (Fsp3) is 0.750. The van der Waals surface area contributed by atoms with E-state index in [1.807, 2.05) is 18.7 Å². The molecule has 92 valence electrons. The third-order valence-electron chi connectivity index (χ3n) is 2.49. The van der Waals surface area contributed by atoms with E-state index >= 15 is 0 Å². The van der Waals surface area contributed by atoms with Crippen molar-refractivity contribution in [2.24, 2.45) is 7.05 Å². The Morgan fingerprint density at radius 1 is 1.44 bits per heavy atom. The Balaban J connectivity index is 2.21. The molecule has 1 N–H and O–H groups in total. The highest BCUT2D eigenvalue weighted by molar-refractivity contribution is 5.16. The van der Waals surface area contributed by atoms with Crippen molar-refractivity contribution in [3.05, 3.63) is 17.5 Å². The van der Waals surface area contributed by atoms with E-state index in [0.717, 1.165) is 39.1 Å². The number of aromatic nitrogens is 2. The maximum absolute atomic E-state index is 5.28. The Morgan fingerprint density at radius 2 is 2.25 bits per heavy atom. The molecule has 0 atom stereocenters. The van der Waals surface area contributed by atoms with Crippen molar-refractivity contribution >= 4 is 0 Å². The molecule has 0 aliphatic heterocycles. The van der Waals surface area contributed by atoms with Gasteiger partial charge in [0.1, 0.15) is 0 Å². The van der Waals surface area contributed by atoms with E-state index in [-0.39, 0.29) is 0 Å². The van der Waals surface area contributed by atoms with Gasteiger partial charge in [-0.2, -0.15) is 5.10 Å². The molecule has 16 heavy (non-hydrogen) atoms. The average Bonchev–Trinajstić information content (AvgIpc) is 2.64. The molecule has 0 spiro atoms. The van der Waals surface area contributed by atoms with Crippen LogP contribution in [0.4, 0.5) is 0 Å². The lowest BCUT2D eigenvalue weighted by molar-refractivity contribution is 0.144. The number of rotatable bonds is 8. The summed E-state index contributed by atoms with van der Waals surface area (Å²) in [5.74, 6) is 0. The molecule has 4 nitrogen and oxygen atoms in total. The lowest BCUT2D eigenvalue weighted by atomic mass is 10.2. The Bertz CT molecular complexity index is 296. The van der Waals surface area contributed by atoms with Crippen molar-refractivity contribution in [3.8, 4) is 0 Å². The summed E-state index contributed by atoms with van der Waals surface area (Å²) in [5.41, 5.74) is 2.50. The zero-order valence-electron chi connectivity index (χ0n) is 10.6. The number of aryl methyl sites for hydroxylation is 2. The molecule has 1 aromatic rings. The zero-order valence-corrected chi connectivity index (χ0v) is 10.6. The first-order valence-electron chi connectivity index (χ1n) is 6.07. The normalized spacial score (nSPS) is 10.9. The van der Waals surface area contributed by atoms with E-state index < -0.39 is 0 Å². The van der Waals surface area contributed by atoms with Gasteiger partial charge in [0.05, 0.1) is 5.69 Å². The summed E-state index contributed by atoms with van der Waals surface area (Å²) in [6, 6.07) is 0. The lowest BCUT2D eigenvalue weighted by Gasteiger charge is -2.04. The molecule has 0 aliphatic rings. The quantitative estimate of drug-likeness (QED) is 0.681.